The fourth-order valence-electron chi connectivity index (χ4n) is 2.99. The van der Waals surface area contributed by atoms with E-state index >= 15 is 0 Å². The van der Waals surface area contributed by atoms with Crippen molar-refractivity contribution in [1.29, 1.82) is 0 Å². The van der Waals surface area contributed by atoms with Crippen LogP contribution in [0.3, 0.4) is 0 Å². The van der Waals surface area contributed by atoms with Gasteiger partial charge in [-0.25, -0.2) is 0 Å². The summed E-state index contributed by atoms with van der Waals surface area (Å²) in [5.41, 5.74) is 4.07. The smallest absolute Gasteiger partial charge is 0.119 e. The van der Waals surface area contributed by atoms with E-state index in [-0.39, 0.29) is 0 Å². The molecule has 0 saturated carbocycles. The number of hydrogen-bond acceptors (Lipinski definition) is 3. The van der Waals surface area contributed by atoms with E-state index in [0.717, 1.165) is 25.3 Å². The molecule has 3 heteroatoms. The normalized spacial score (nSPS) is 19.2. The van der Waals surface area contributed by atoms with Crippen LogP contribution in [0.4, 0.5) is 0 Å². The molecule has 0 aliphatic carbocycles. The third kappa shape index (κ3) is 2.54. The molecular formula is C17H20N2O. The molecule has 0 spiro atoms. The van der Waals surface area contributed by atoms with Crippen LogP contribution in [0.25, 0.3) is 0 Å². The maximum absolute atomic E-state index is 5.37. The molecule has 104 valence electrons. The van der Waals surface area contributed by atoms with Crippen LogP contribution in [0.5, 0.6) is 5.75 Å². The first-order chi connectivity index (χ1) is 9.78. The number of rotatable bonds is 2. The van der Waals surface area contributed by atoms with Crippen molar-refractivity contribution in [2.24, 2.45) is 0 Å². The number of nitrogens with zero attached hydrogens (tertiary/aromatic N) is 2. The van der Waals surface area contributed by atoms with Gasteiger partial charge in [0.15, 0.2) is 0 Å². The van der Waals surface area contributed by atoms with E-state index in [9.17, 15) is 0 Å². The lowest BCUT2D eigenvalue weighted by Gasteiger charge is -2.18. The first kappa shape index (κ1) is 13.1. The van der Waals surface area contributed by atoms with Crippen LogP contribution in [-0.4, -0.2) is 30.6 Å². The number of methoxy groups -OCH3 is 1. The van der Waals surface area contributed by atoms with Gasteiger partial charge in [-0.3, -0.25) is 4.98 Å². The summed E-state index contributed by atoms with van der Waals surface area (Å²) < 4.78 is 5.37. The van der Waals surface area contributed by atoms with Crippen LogP contribution < -0.4 is 4.74 Å². The fourth-order valence-corrected chi connectivity index (χ4v) is 2.99. The average molecular weight is 268 g/mol. The van der Waals surface area contributed by atoms with E-state index in [0.29, 0.717) is 5.92 Å². The van der Waals surface area contributed by atoms with E-state index in [1.165, 1.54) is 16.7 Å². The zero-order chi connectivity index (χ0) is 13.9. The highest BCUT2D eigenvalue weighted by molar-refractivity contribution is 5.42. The SMILES string of the molecule is COc1ccc2c(c1)CN(C)CCC2c1cccnc1. The molecule has 3 nitrogen and oxygen atoms in total. The Labute approximate surface area is 120 Å². The number of fused-ring (bicyclic) bond motifs is 1. The van der Waals surface area contributed by atoms with Crippen molar-refractivity contribution in [2.45, 2.75) is 18.9 Å². The number of benzene rings is 1. The molecule has 2 heterocycles. The number of hydrogen-bond donors (Lipinski definition) is 0. The molecule has 0 saturated heterocycles. The van der Waals surface area contributed by atoms with Gasteiger partial charge in [0.2, 0.25) is 0 Å². The molecule has 1 aliphatic heterocycles. The molecule has 1 aromatic carbocycles. The zero-order valence-corrected chi connectivity index (χ0v) is 12.0. The van der Waals surface area contributed by atoms with Crippen LogP contribution >= 0.6 is 0 Å². The van der Waals surface area contributed by atoms with Crippen LogP contribution in [0.15, 0.2) is 42.7 Å². The van der Waals surface area contributed by atoms with Crippen LogP contribution in [-0.2, 0) is 6.54 Å². The van der Waals surface area contributed by atoms with Crippen molar-refractivity contribution in [3.05, 3.63) is 59.4 Å². The molecule has 0 fully saturated rings. The number of aromatic nitrogens is 1. The summed E-state index contributed by atoms with van der Waals surface area (Å²) in [7, 11) is 3.90. The largest absolute Gasteiger partial charge is 0.497 e. The Morgan fingerprint density at radius 1 is 1.30 bits per heavy atom. The molecular weight excluding hydrogens is 248 g/mol. The van der Waals surface area contributed by atoms with E-state index < -0.39 is 0 Å². The van der Waals surface area contributed by atoms with Crippen molar-refractivity contribution in [3.8, 4) is 5.75 Å². The molecule has 3 rings (SSSR count). The summed E-state index contributed by atoms with van der Waals surface area (Å²) in [6.45, 7) is 2.07. The van der Waals surface area contributed by atoms with Crippen molar-refractivity contribution >= 4 is 0 Å². The predicted molar refractivity (Wildman–Crippen MR) is 80.0 cm³/mol. The van der Waals surface area contributed by atoms with Gasteiger partial charge in [-0.05, 0) is 54.9 Å². The lowest BCUT2D eigenvalue weighted by Crippen LogP contribution is -2.17. The summed E-state index contributed by atoms with van der Waals surface area (Å²) in [6, 6.07) is 10.6. The molecule has 1 atom stereocenters. The zero-order valence-electron chi connectivity index (χ0n) is 12.0. The van der Waals surface area contributed by atoms with E-state index in [1.54, 1.807) is 7.11 Å². The van der Waals surface area contributed by atoms with Gasteiger partial charge in [0.25, 0.3) is 0 Å². The second-order valence-corrected chi connectivity index (χ2v) is 5.43. The Morgan fingerprint density at radius 2 is 2.20 bits per heavy atom. The Kier molecular flexibility index (Phi) is 3.70. The highest BCUT2D eigenvalue weighted by atomic mass is 16.5. The third-order valence-electron chi connectivity index (χ3n) is 4.05. The van der Waals surface area contributed by atoms with E-state index in [2.05, 4.69) is 41.2 Å². The predicted octanol–water partition coefficient (Wildman–Crippen LogP) is 3.06. The molecule has 0 N–H and O–H groups in total. The molecule has 0 amide bonds. The van der Waals surface area contributed by atoms with Gasteiger partial charge in [-0.2, -0.15) is 0 Å². The van der Waals surface area contributed by atoms with Gasteiger partial charge in [-0.15, -0.1) is 0 Å². The minimum atomic E-state index is 0.426. The number of pyridine rings is 1. The van der Waals surface area contributed by atoms with Crippen molar-refractivity contribution in [1.82, 2.24) is 9.88 Å². The van der Waals surface area contributed by atoms with Crippen molar-refractivity contribution in [3.63, 3.8) is 0 Å². The molecule has 1 aliphatic rings. The van der Waals surface area contributed by atoms with Crippen LogP contribution in [0.2, 0.25) is 0 Å². The quantitative estimate of drug-likeness (QED) is 0.837. The molecule has 2 aromatic rings. The monoisotopic (exact) mass is 268 g/mol. The van der Waals surface area contributed by atoms with Gasteiger partial charge in [0, 0.05) is 24.9 Å². The maximum atomic E-state index is 5.37. The van der Waals surface area contributed by atoms with Crippen molar-refractivity contribution < 1.29 is 4.74 Å². The summed E-state index contributed by atoms with van der Waals surface area (Å²) in [4.78, 5) is 6.65. The molecule has 1 aromatic heterocycles. The van der Waals surface area contributed by atoms with Gasteiger partial charge < -0.3 is 9.64 Å². The fraction of sp³-hybridized carbons (Fsp3) is 0.353. The maximum Gasteiger partial charge on any atom is 0.119 e. The van der Waals surface area contributed by atoms with E-state index in [4.69, 9.17) is 4.74 Å². The highest BCUT2D eigenvalue weighted by Gasteiger charge is 2.22. The minimum Gasteiger partial charge on any atom is -0.497 e. The Balaban J connectivity index is 2.06. The second-order valence-electron chi connectivity index (χ2n) is 5.43. The molecule has 0 radical (unpaired) electrons. The highest BCUT2D eigenvalue weighted by Crippen LogP contribution is 2.34. The first-order valence-corrected chi connectivity index (χ1v) is 7.03. The lowest BCUT2D eigenvalue weighted by molar-refractivity contribution is 0.327. The number of ether oxygens (including phenoxy) is 1. The third-order valence-corrected chi connectivity index (χ3v) is 4.05. The van der Waals surface area contributed by atoms with Gasteiger partial charge >= 0.3 is 0 Å². The Hall–Kier alpha value is -1.87. The molecule has 0 bridgehead atoms. The minimum absolute atomic E-state index is 0.426. The standard InChI is InChI=1S/C17H20N2O/c1-19-9-7-17(13-4-3-8-18-11-13)16-6-5-15(20-2)10-14(16)12-19/h3-6,8,10-11,17H,7,9,12H2,1-2H3. The average Bonchev–Trinajstić information content (AvgIpc) is 2.65. The summed E-state index contributed by atoms with van der Waals surface area (Å²) in [5.74, 6) is 1.36. The molecule has 20 heavy (non-hydrogen) atoms. The lowest BCUT2D eigenvalue weighted by atomic mass is 9.87. The Bertz CT molecular complexity index is 583. The van der Waals surface area contributed by atoms with Crippen LogP contribution in [0.1, 0.15) is 29.0 Å². The van der Waals surface area contributed by atoms with Gasteiger partial charge in [-0.1, -0.05) is 12.1 Å². The summed E-state index contributed by atoms with van der Waals surface area (Å²) in [6.07, 6.45) is 4.95. The first-order valence-electron chi connectivity index (χ1n) is 7.03. The van der Waals surface area contributed by atoms with Gasteiger partial charge in [0.05, 0.1) is 7.11 Å². The summed E-state index contributed by atoms with van der Waals surface area (Å²) in [5, 5.41) is 0. The molecule has 1 unspecified atom stereocenters. The van der Waals surface area contributed by atoms with E-state index in [1.807, 2.05) is 18.5 Å². The topological polar surface area (TPSA) is 25.4 Å². The second kappa shape index (κ2) is 5.63. The van der Waals surface area contributed by atoms with Crippen molar-refractivity contribution in [2.75, 3.05) is 20.7 Å². The Morgan fingerprint density at radius 3 is 2.95 bits per heavy atom. The summed E-state index contributed by atoms with van der Waals surface area (Å²) >= 11 is 0. The van der Waals surface area contributed by atoms with Crippen LogP contribution in [0, 0.1) is 0 Å². The van der Waals surface area contributed by atoms with Gasteiger partial charge in [0.1, 0.15) is 5.75 Å².